The van der Waals surface area contributed by atoms with Crippen molar-refractivity contribution in [3.63, 3.8) is 0 Å². The number of hydrogen-bond acceptors (Lipinski definition) is 2. The van der Waals surface area contributed by atoms with Gasteiger partial charge < -0.3 is 10.4 Å². The van der Waals surface area contributed by atoms with Gasteiger partial charge in [0.25, 0.3) is 0 Å². The van der Waals surface area contributed by atoms with Gasteiger partial charge in [-0.15, -0.1) is 0 Å². The summed E-state index contributed by atoms with van der Waals surface area (Å²) in [7, 11) is 0. The summed E-state index contributed by atoms with van der Waals surface area (Å²) in [6.07, 6.45) is 2.72. The molecule has 1 rings (SSSR count). The molecular weight excluding hydrogens is 301 g/mol. The third-order valence-electron chi connectivity index (χ3n) is 2.60. The van der Waals surface area contributed by atoms with Crippen LogP contribution in [0.15, 0.2) is 24.3 Å². The van der Waals surface area contributed by atoms with Crippen LogP contribution >= 0.6 is 23.2 Å². The van der Waals surface area contributed by atoms with E-state index in [4.69, 9.17) is 28.3 Å². The van der Waals surface area contributed by atoms with Gasteiger partial charge >= 0.3 is 5.97 Å². The van der Waals surface area contributed by atoms with Crippen molar-refractivity contribution in [1.82, 2.24) is 5.32 Å². The highest BCUT2D eigenvalue weighted by molar-refractivity contribution is 6.34. The van der Waals surface area contributed by atoms with Gasteiger partial charge in [0.2, 0.25) is 5.91 Å². The average Bonchev–Trinajstić information content (AvgIpc) is 2.36. The molecule has 0 aliphatic heterocycles. The van der Waals surface area contributed by atoms with Crippen LogP contribution in [0, 0.1) is 5.92 Å². The van der Waals surface area contributed by atoms with E-state index >= 15 is 0 Å². The molecule has 0 aromatic heterocycles. The Labute approximate surface area is 127 Å². The van der Waals surface area contributed by atoms with Crippen molar-refractivity contribution in [2.24, 2.45) is 5.92 Å². The van der Waals surface area contributed by atoms with Crippen molar-refractivity contribution < 1.29 is 14.7 Å². The molecule has 0 heterocycles. The highest BCUT2D eigenvalue weighted by Gasteiger charge is 2.22. The van der Waals surface area contributed by atoms with Crippen molar-refractivity contribution in [2.75, 3.05) is 0 Å². The van der Waals surface area contributed by atoms with Crippen molar-refractivity contribution in [1.29, 1.82) is 0 Å². The molecule has 1 aromatic carbocycles. The number of aliphatic carboxylic acids is 1. The Hall–Kier alpha value is -1.52. The van der Waals surface area contributed by atoms with Crippen LogP contribution in [0.5, 0.6) is 0 Å². The predicted octanol–water partition coefficient (Wildman–Crippen LogP) is 3.23. The monoisotopic (exact) mass is 315 g/mol. The molecule has 20 heavy (non-hydrogen) atoms. The smallest absolute Gasteiger partial charge is 0.326 e. The topological polar surface area (TPSA) is 66.4 Å². The summed E-state index contributed by atoms with van der Waals surface area (Å²) in [4.78, 5) is 22.7. The lowest BCUT2D eigenvalue weighted by atomic mass is 10.0. The van der Waals surface area contributed by atoms with Gasteiger partial charge in [0.05, 0.1) is 0 Å². The Morgan fingerprint density at radius 2 is 1.95 bits per heavy atom. The molecule has 1 aromatic rings. The Balaban J connectivity index is 2.77. The molecule has 0 saturated carbocycles. The summed E-state index contributed by atoms with van der Waals surface area (Å²) in [6.45, 7) is 3.44. The molecule has 4 nitrogen and oxygen atoms in total. The summed E-state index contributed by atoms with van der Waals surface area (Å²) in [5, 5.41) is 12.4. The van der Waals surface area contributed by atoms with Gasteiger partial charge in [-0.25, -0.2) is 4.79 Å². The van der Waals surface area contributed by atoms with E-state index < -0.39 is 17.9 Å². The maximum Gasteiger partial charge on any atom is 0.326 e. The first-order chi connectivity index (χ1) is 9.31. The largest absolute Gasteiger partial charge is 0.480 e. The summed E-state index contributed by atoms with van der Waals surface area (Å²) < 4.78 is 0. The summed E-state index contributed by atoms with van der Waals surface area (Å²) in [5.41, 5.74) is 0.589. The van der Waals surface area contributed by atoms with Crippen LogP contribution in [0.3, 0.4) is 0 Å². The summed E-state index contributed by atoms with van der Waals surface area (Å²) >= 11 is 11.8. The average molecular weight is 316 g/mol. The standard InChI is InChI=1S/C14H15Cl2NO3/c1-8(2)13(14(19)20)17-12(18)6-3-9-7-10(15)4-5-11(9)16/h3-8,13H,1-2H3,(H,17,18)(H,19,20)/b6-3+/t13-/m0/s1. The van der Waals surface area contributed by atoms with Crippen LogP contribution in [-0.2, 0) is 9.59 Å². The van der Waals surface area contributed by atoms with Crippen LogP contribution in [0.2, 0.25) is 10.0 Å². The molecule has 0 fully saturated rings. The Kier molecular flexibility index (Phi) is 6.05. The molecule has 0 spiro atoms. The number of carbonyl (C=O) groups is 2. The molecule has 2 N–H and O–H groups in total. The van der Waals surface area contributed by atoms with E-state index in [1.165, 1.54) is 12.2 Å². The molecule has 108 valence electrons. The molecular formula is C14H15Cl2NO3. The zero-order valence-corrected chi connectivity index (χ0v) is 12.6. The molecule has 0 saturated heterocycles. The molecule has 0 aliphatic carbocycles. The second-order valence-electron chi connectivity index (χ2n) is 4.57. The van der Waals surface area contributed by atoms with Crippen LogP contribution in [-0.4, -0.2) is 23.0 Å². The Morgan fingerprint density at radius 3 is 2.50 bits per heavy atom. The minimum Gasteiger partial charge on any atom is -0.480 e. The van der Waals surface area contributed by atoms with Gasteiger partial charge in [0, 0.05) is 16.1 Å². The van der Waals surface area contributed by atoms with Gasteiger partial charge in [-0.1, -0.05) is 37.0 Å². The number of amides is 1. The fraction of sp³-hybridized carbons (Fsp3) is 0.286. The second kappa shape index (κ2) is 7.31. The quantitative estimate of drug-likeness (QED) is 0.820. The molecule has 1 amide bonds. The highest BCUT2D eigenvalue weighted by Crippen LogP contribution is 2.21. The van der Waals surface area contributed by atoms with Gasteiger partial charge in [0.1, 0.15) is 6.04 Å². The Morgan fingerprint density at radius 1 is 1.30 bits per heavy atom. The van der Waals surface area contributed by atoms with E-state index in [9.17, 15) is 9.59 Å². The molecule has 0 unspecified atom stereocenters. The lowest BCUT2D eigenvalue weighted by Gasteiger charge is -2.16. The Bertz CT molecular complexity index is 541. The van der Waals surface area contributed by atoms with E-state index in [0.29, 0.717) is 15.6 Å². The van der Waals surface area contributed by atoms with Gasteiger partial charge in [-0.2, -0.15) is 0 Å². The van der Waals surface area contributed by atoms with Crippen molar-refractivity contribution >= 4 is 41.2 Å². The van der Waals surface area contributed by atoms with E-state index in [2.05, 4.69) is 5.32 Å². The number of halogens is 2. The predicted molar refractivity (Wildman–Crippen MR) is 79.9 cm³/mol. The van der Waals surface area contributed by atoms with Crippen LogP contribution in [0.25, 0.3) is 6.08 Å². The second-order valence-corrected chi connectivity index (χ2v) is 5.41. The van der Waals surface area contributed by atoms with Crippen LogP contribution in [0.4, 0.5) is 0 Å². The first-order valence-corrected chi connectivity index (χ1v) is 6.73. The number of carboxylic acid groups (broad SMARTS) is 1. The zero-order valence-electron chi connectivity index (χ0n) is 11.1. The summed E-state index contributed by atoms with van der Waals surface area (Å²) in [6, 6.07) is 3.95. The minimum atomic E-state index is -1.07. The van der Waals surface area contributed by atoms with Gasteiger partial charge in [-0.3, -0.25) is 4.79 Å². The lowest BCUT2D eigenvalue weighted by Crippen LogP contribution is -2.43. The lowest BCUT2D eigenvalue weighted by molar-refractivity contribution is -0.142. The van der Waals surface area contributed by atoms with Gasteiger partial charge in [0.15, 0.2) is 0 Å². The number of rotatable bonds is 5. The fourth-order valence-electron chi connectivity index (χ4n) is 1.52. The molecule has 1 atom stereocenters. The van der Waals surface area contributed by atoms with E-state index in [1.54, 1.807) is 32.0 Å². The number of hydrogen-bond donors (Lipinski definition) is 2. The van der Waals surface area contributed by atoms with E-state index in [0.717, 1.165) is 0 Å². The van der Waals surface area contributed by atoms with Crippen LogP contribution in [0.1, 0.15) is 19.4 Å². The third-order valence-corrected chi connectivity index (χ3v) is 3.18. The minimum absolute atomic E-state index is 0.209. The van der Waals surface area contributed by atoms with E-state index in [-0.39, 0.29) is 5.92 Å². The maximum atomic E-state index is 11.7. The summed E-state index contributed by atoms with van der Waals surface area (Å²) in [5.74, 6) is -1.77. The van der Waals surface area contributed by atoms with Crippen molar-refractivity contribution in [3.8, 4) is 0 Å². The highest BCUT2D eigenvalue weighted by atomic mass is 35.5. The first kappa shape index (κ1) is 16.5. The van der Waals surface area contributed by atoms with Crippen LogP contribution < -0.4 is 5.32 Å². The van der Waals surface area contributed by atoms with Crippen molar-refractivity contribution in [2.45, 2.75) is 19.9 Å². The number of carbonyl (C=O) groups excluding carboxylic acids is 1. The SMILES string of the molecule is CC(C)[C@H](NC(=O)/C=C/c1cc(Cl)ccc1Cl)C(=O)O. The normalized spacial score (nSPS) is 12.7. The molecule has 6 heteroatoms. The molecule has 0 radical (unpaired) electrons. The number of nitrogens with one attached hydrogen (secondary N) is 1. The maximum absolute atomic E-state index is 11.7. The van der Waals surface area contributed by atoms with E-state index in [1.807, 2.05) is 0 Å². The molecule has 0 aliphatic rings. The number of carboxylic acids is 1. The zero-order chi connectivity index (χ0) is 15.3. The van der Waals surface area contributed by atoms with Gasteiger partial charge in [-0.05, 0) is 35.8 Å². The first-order valence-electron chi connectivity index (χ1n) is 5.97. The van der Waals surface area contributed by atoms with Crippen molar-refractivity contribution in [3.05, 3.63) is 39.9 Å². The molecule has 0 bridgehead atoms. The fourth-order valence-corrected chi connectivity index (χ4v) is 1.88. The number of benzene rings is 1. The third kappa shape index (κ3) is 4.87.